The Balaban J connectivity index is 2.47. The van der Waals surface area contributed by atoms with Crippen molar-refractivity contribution >= 4 is 12.1 Å². The second-order valence-corrected chi connectivity index (χ2v) is 4.95. The molecule has 0 aliphatic rings. The van der Waals surface area contributed by atoms with Crippen LogP contribution in [0.25, 0.3) is 0 Å². The predicted octanol–water partition coefficient (Wildman–Crippen LogP) is 3.51. The van der Waals surface area contributed by atoms with Crippen LogP contribution in [0.4, 0.5) is 0 Å². The van der Waals surface area contributed by atoms with E-state index >= 15 is 0 Å². The van der Waals surface area contributed by atoms with Gasteiger partial charge in [-0.3, -0.25) is 4.79 Å². The second-order valence-electron chi connectivity index (χ2n) is 4.95. The average Bonchev–Trinajstić information content (AvgIpc) is 2.53. The smallest absolute Gasteiger partial charge is 0.240 e. The molecule has 0 radical (unpaired) electrons. The lowest BCUT2D eigenvalue weighted by molar-refractivity contribution is -0.121. The van der Waals surface area contributed by atoms with E-state index in [1.165, 1.54) is 12.8 Å². The van der Waals surface area contributed by atoms with Crippen molar-refractivity contribution in [3.05, 3.63) is 23.8 Å². The fourth-order valence-electron chi connectivity index (χ4n) is 1.99. The number of methoxy groups -OCH3 is 1. The third kappa shape index (κ3) is 6.61. The molecule has 0 atom stereocenters. The number of unbranched alkanes of at least 4 members (excludes halogenated alkanes) is 3. The van der Waals surface area contributed by atoms with Gasteiger partial charge in [-0.2, -0.15) is 5.10 Å². The minimum absolute atomic E-state index is 0.0507. The van der Waals surface area contributed by atoms with Crippen molar-refractivity contribution in [2.75, 3.05) is 13.7 Å². The summed E-state index contributed by atoms with van der Waals surface area (Å²) in [5.41, 5.74) is 3.38. The number of rotatable bonds is 10. The number of carbonyl (C=O) groups is 1. The summed E-state index contributed by atoms with van der Waals surface area (Å²) < 4.78 is 10.7. The fourth-order valence-corrected chi connectivity index (χ4v) is 1.99. The lowest BCUT2D eigenvalue weighted by Crippen LogP contribution is -2.16. The van der Waals surface area contributed by atoms with Gasteiger partial charge < -0.3 is 9.47 Å². The van der Waals surface area contributed by atoms with Crippen LogP contribution in [-0.2, 0) is 4.79 Å². The number of hydrazone groups is 1. The van der Waals surface area contributed by atoms with Crippen LogP contribution in [0.5, 0.6) is 11.5 Å². The topological polar surface area (TPSA) is 59.9 Å². The summed E-state index contributed by atoms with van der Waals surface area (Å²) in [6.45, 7) is 4.65. The maximum absolute atomic E-state index is 11.6. The number of nitrogens with zero attached hydrogens (tertiary/aromatic N) is 1. The molecule has 5 nitrogen and oxygen atoms in total. The minimum Gasteiger partial charge on any atom is -0.493 e. The van der Waals surface area contributed by atoms with E-state index in [2.05, 4.69) is 17.5 Å². The summed E-state index contributed by atoms with van der Waals surface area (Å²) in [5.74, 6) is 1.30. The van der Waals surface area contributed by atoms with Crippen LogP contribution in [0.1, 0.15) is 51.5 Å². The van der Waals surface area contributed by atoms with Gasteiger partial charge in [-0.25, -0.2) is 5.43 Å². The Hall–Kier alpha value is -2.04. The van der Waals surface area contributed by atoms with Crippen molar-refractivity contribution in [3.63, 3.8) is 0 Å². The molecule has 5 heteroatoms. The molecule has 0 aromatic heterocycles. The molecule has 1 amide bonds. The van der Waals surface area contributed by atoms with Crippen LogP contribution < -0.4 is 14.9 Å². The number of benzene rings is 1. The molecule has 122 valence electrons. The van der Waals surface area contributed by atoms with Crippen molar-refractivity contribution in [2.45, 2.75) is 46.0 Å². The predicted molar refractivity (Wildman–Crippen MR) is 88.7 cm³/mol. The van der Waals surface area contributed by atoms with Crippen LogP contribution in [0, 0.1) is 0 Å². The minimum atomic E-state index is -0.0507. The maximum Gasteiger partial charge on any atom is 0.240 e. The monoisotopic (exact) mass is 306 g/mol. The molecular weight excluding hydrogens is 280 g/mol. The van der Waals surface area contributed by atoms with Crippen LogP contribution >= 0.6 is 0 Å². The van der Waals surface area contributed by atoms with Gasteiger partial charge in [-0.15, -0.1) is 0 Å². The number of carbonyl (C=O) groups excluding carboxylic acids is 1. The number of ether oxygens (including phenoxy) is 2. The Morgan fingerprint density at radius 2 is 2.05 bits per heavy atom. The molecule has 0 spiro atoms. The van der Waals surface area contributed by atoms with Crippen molar-refractivity contribution < 1.29 is 14.3 Å². The summed E-state index contributed by atoms with van der Waals surface area (Å²) >= 11 is 0. The van der Waals surface area contributed by atoms with Gasteiger partial charge in [0.1, 0.15) is 0 Å². The van der Waals surface area contributed by atoms with Crippen LogP contribution in [0.3, 0.4) is 0 Å². The zero-order chi connectivity index (χ0) is 16.2. The first-order valence-electron chi connectivity index (χ1n) is 7.84. The molecule has 0 saturated carbocycles. The first-order chi connectivity index (χ1) is 10.7. The first-order valence-corrected chi connectivity index (χ1v) is 7.84. The zero-order valence-electron chi connectivity index (χ0n) is 13.7. The van der Waals surface area contributed by atoms with E-state index < -0.39 is 0 Å². The van der Waals surface area contributed by atoms with E-state index in [-0.39, 0.29) is 5.91 Å². The molecule has 0 fully saturated rings. The lowest BCUT2D eigenvalue weighted by atomic mass is 10.1. The Kier molecular flexibility index (Phi) is 8.72. The van der Waals surface area contributed by atoms with E-state index in [1.807, 2.05) is 25.1 Å². The molecule has 22 heavy (non-hydrogen) atoms. The van der Waals surface area contributed by atoms with E-state index in [0.717, 1.165) is 18.4 Å². The largest absolute Gasteiger partial charge is 0.493 e. The molecule has 0 bridgehead atoms. The summed E-state index contributed by atoms with van der Waals surface area (Å²) in [5, 5.41) is 3.97. The highest BCUT2D eigenvalue weighted by Gasteiger charge is 2.04. The standard InChI is InChI=1S/C17H26N2O3/c1-4-6-7-8-9-17(20)19-18-13-14-10-11-15(22-5-2)16(12-14)21-3/h10-13H,4-9H2,1-3H3,(H,19,20)/b18-13+. The summed E-state index contributed by atoms with van der Waals surface area (Å²) in [6.07, 6.45) is 6.45. The Labute approximate surface area is 132 Å². The van der Waals surface area contributed by atoms with Gasteiger partial charge in [0.05, 0.1) is 19.9 Å². The molecule has 1 N–H and O–H groups in total. The highest BCUT2D eigenvalue weighted by atomic mass is 16.5. The van der Waals surface area contributed by atoms with Gasteiger partial charge in [0, 0.05) is 6.42 Å². The quantitative estimate of drug-likeness (QED) is 0.409. The Morgan fingerprint density at radius 3 is 2.73 bits per heavy atom. The number of hydrogen-bond acceptors (Lipinski definition) is 4. The molecule has 1 aromatic rings. The third-order valence-corrected chi connectivity index (χ3v) is 3.15. The summed E-state index contributed by atoms with van der Waals surface area (Å²) in [4.78, 5) is 11.6. The lowest BCUT2D eigenvalue weighted by Gasteiger charge is -2.09. The third-order valence-electron chi connectivity index (χ3n) is 3.15. The normalized spacial score (nSPS) is 10.7. The van der Waals surface area contributed by atoms with Crippen molar-refractivity contribution in [1.82, 2.24) is 5.43 Å². The van der Waals surface area contributed by atoms with Crippen molar-refractivity contribution in [1.29, 1.82) is 0 Å². The van der Waals surface area contributed by atoms with Gasteiger partial charge >= 0.3 is 0 Å². The fraction of sp³-hybridized carbons (Fsp3) is 0.529. The number of amides is 1. The summed E-state index contributed by atoms with van der Waals surface area (Å²) in [7, 11) is 1.59. The van der Waals surface area contributed by atoms with Gasteiger partial charge in [-0.05, 0) is 37.1 Å². The molecule has 0 heterocycles. The molecule has 1 rings (SSSR count). The molecule has 1 aromatic carbocycles. The molecule has 0 saturated heterocycles. The van der Waals surface area contributed by atoms with Crippen LogP contribution in [0.15, 0.2) is 23.3 Å². The van der Waals surface area contributed by atoms with Crippen molar-refractivity contribution in [3.8, 4) is 11.5 Å². The van der Waals surface area contributed by atoms with Gasteiger partial charge in [-0.1, -0.05) is 26.2 Å². The van der Waals surface area contributed by atoms with Crippen LogP contribution in [0.2, 0.25) is 0 Å². The molecule has 0 unspecified atom stereocenters. The molecular formula is C17H26N2O3. The average molecular weight is 306 g/mol. The van der Waals surface area contributed by atoms with E-state index in [9.17, 15) is 4.79 Å². The van der Waals surface area contributed by atoms with Crippen molar-refractivity contribution in [2.24, 2.45) is 5.10 Å². The highest BCUT2D eigenvalue weighted by Crippen LogP contribution is 2.27. The SMILES string of the molecule is CCCCCCC(=O)N/N=C/c1ccc(OCC)c(OC)c1. The van der Waals surface area contributed by atoms with E-state index in [1.54, 1.807) is 13.3 Å². The van der Waals surface area contributed by atoms with Gasteiger partial charge in [0.25, 0.3) is 0 Å². The number of hydrogen-bond donors (Lipinski definition) is 1. The highest BCUT2D eigenvalue weighted by molar-refractivity contribution is 5.83. The first kappa shape index (κ1) is 18.0. The molecule has 0 aliphatic carbocycles. The second kappa shape index (κ2) is 10.7. The van der Waals surface area contributed by atoms with E-state index in [4.69, 9.17) is 9.47 Å². The van der Waals surface area contributed by atoms with Crippen LogP contribution in [-0.4, -0.2) is 25.8 Å². The number of nitrogens with one attached hydrogen (secondary N) is 1. The Morgan fingerprint density at radius 1 is 1.23 bits per heavy atom. The maximum atomic E-state index is 11.6. The van der Waals surface area contributed by atoms with Gasteiger partial charge in [0.2, 0.25) is 5.91 Å². The van der Waals surface area contributed by atoms with Gasteiger partial charge in [0.15, 0.2) is 11.5 Å². The Bertz CT molecular complexity index is 487. The molecule has 0 aliphatic heterocycles. The summed E-state index contributed by atoms with van der Waals surface area (Å²) in [6, 6.07) is 5.52. The zero-order valence-corrected chi connectivity index (χ0v) is 13.7. The van der Waals surface area contributed by atoms with E-state index in [0.29, 0.717) is 24.5 Å².